The molecule has 14 heteroatoms. The molecule has 0 spiro atoms. The number of hydrogen-bond acceptors (Lipinski definition) is 9. The van der Waals surface area contributed by atoms with Crippen molar-refractivity contribution in [1.82, 2.24) is 10.3 Å². The third kappa shape index (κ3) is 6.41. The van der Waals surface area contributed by atoms with Gasteiger partial charge >= 0.3 is 6.18 Å². The van der Waals surface area contributed by atoms with Crippen LogP contribution in [0.4, 0.5) is 28.9 Å². The molecule has 1 aromatic heterocycles. The summed E-state index contributed by atoms with van der Waals surface area (Å²) < 4.78 is 65.9. The van der Waals surface area contributed by atoms with Gasteiger partial charge in [0.1, 0.15) is 5.70 Å². The Morgan fingerprint density at radius 1 is 1.26 bits per heavy atom. The molecule has 0 aliphatic heterocycles. The van der Waals surface area contributed by atoms with E-state index in [1.807, 2.05) is 0 Å². The number of ether oxygens (including phenoxy) is 2. The second kappa shape index (κ2) is 10.6. The van der Waals surface area contributed by atoms with Crippen LogP contribution >= 0.6 is 0 Å². The zero-order valence-electron chi connectivity index (χ0n) is 17.7. The molecule has 1 atom stereocenters. The first-order chi connectivity index (χ1) is 15.8. The number of imide groups is 1. The molecule has 2 rings (SSSR count). The second-order valence-corrected chi connectivity index (χ2v) is 6.64. The van der Waals surface area contributed by atoms with Crippen molar-refractivity contribution in [3.8, 4) is 17.4 Å². The van der Waals surface area contributed by atoms with Crippen LogP contribution < -0.4 is 31.4 Å². The van der Waals surface area contributed by atoms with Gasteiger partial charge in [-0.05, 0) is 26.0 Å². The fourth-order valence-corrected chi connectivity index (χ4v) is 2.38. The molecule has 1 unspecified atom stereocenters. The maximum atomic E-state index is 14.5. The van der Waals surface area contributed by atoms with E-state index in [2.05, 4.69) is 4.98 Å². The Balaban J connectivity index is 2.49. The Hall–Kier alpha value is -4.20. The Morgan fingerprint density at radius 3 is 2.53 bits per heavy atom. The monoisotopic (exact) mass is 485 g/mol. The fourth-order valence-electron chi connectivity index (χ4n) is 2.38. The van der Waals surface area contributed by atoms with Crippen LogP contribution in [0, 0.1) is 5.82 Å². The van der Waals surface area contributed by atoms with Gasteiger partial charge in [0.05, 0.1) is 11.4 Å². The first kappa shape index (κ1) is 26.1. The van der Waals surface area contributed by atoms with Crippen molar-refractivity contribution in [3.05, 3.63) is 48.1 Å². The summed E-state index contributed by atoms with van der Waals surface area (Å²) in [6, 6.07) is 4.21. The van der Waals surface area contributed by atoms with Crippen molar-refractivity contribution in [2.24, 2.45) is 5.84 Å². The molecule has 5 N–H and O–H groups in total. The minimum atomic E-state index is -5.21. The van der Waals surface area contributed by atoms with Gasteiger partial charge in [-0.15, -0.1) is 0 Å². The average molecular weight is 485 g/mol. The topological polar surface area (TPSA) is 150 Å². The third-order valence-corrected chi connectivity index (χ3v) is 4.17. The minimum absolute atomic E-state index is 0.0268. The van der Waals surface area contributed by atoms with Crippen LogP contribution in [0.3, 0.4) is 0 Å². The number of hydrogen-bond donors (Lipinski definition) is 3. The highest BCUT2D eigenvalue weighted by atomic mass is 19.4. The van der Waals surface area contributed by atoms with E-state index in [-0.39, 0.29) is 46.3 Å². The molecule has 182 valence electrons. The van der Waals surface area contributed by atoms with Crippen LogP contribution in [0.2, 0.25) is 0 Å². The number of ketones is 1. The lowest BCUT2D eigenvalue weighted by molar-refractivity contribution is -0.123. The molecule has 0 bridgehead atoms. The lowest BCUT2D eigenvalue weighted by Gasteiger charge is -2.25. The molecule has 0 saturated carbocycles. The number of allylic oxidation sites excluding steroid dienone is 1. The van der Waals surface area contributed by atoms with Gasteiger partial charge in [0.15, 0.2) is 29.2 Å². The van der Waals surface area contributed by atoms with Gasteiger partial charge in [0.25, 0.3) is 11.8 Å². The van der Waals surface area contributed by atoms with Crippen LogP contribution in [0.25, 0.3) is 0 Å². The predicted octanol–water partition coefficient (Wildman–Crippen LogP) is 2.35. The summed E-state index contributed by atoms with van der Waals surface area (Å²) >= 11 is 0. The summed E-state index contributed by atoms with van der Waals surface area (Å²) in [5.41, 5.74) is 2.77. The molecule has 2 amide bonds. The molecule has 0 aliphatic carbocycles. The number of benzene rings is 1. The number of carbonyl (C=O) groups is 3. The summed E-state index contributed by atoms with van der Waals surface area (Å²) in [4.78, 5) is 37.2. The standard InChI is InChI=1S/C20H19F4N5O5/c1-10(31)11(2)33-19-15(4-3-5-27-19)34-16-7-14(12(21)6-13(16)25)29(26)17(20(22,23)24)8-18(32)28-9-30/h3-9,11H,25-26H2,1-2H3,(H,28,30,32)/b17-8-. The number of rotatable bonds is 9. The number of aromatic nitrogens is 1. The van der Waals surface area contributed by atoms with Crippen molar-refractivity contribution >= 4 is 29.5 Å². The summed E-state index contributed by atoms with van der Waals surface area (Å²) in [5, 5.41) is 1.34. The van der Waals surface area contributed by atoms with Crippen molar-refractivity contribution < 1.29 is 41.4 Å². The van der Waals surface area contributed by atoms with E-state index < -0.39 is 35.4 Å². The molecule has 34 heavy (non-hydrogen) atoms. The normalized spacial score (nSPS) is 12.5. The number of pyridine rings is 1. The maximum absolute atomic E-state index is 14.5. The number of nitrogen functional groups attached to an aromatic ring is 1. The maximum Gasteiger partial charge on any atom is 0.433 e. The van der Waals surface area contributed by atoms with Gasteiger partial charge in [0.2, 0.25) is 6.41 Å². The first-order valence-electron chi connectivity index (χ1n) is 9.32. The van der Waals surface area contributed by atoms with E-state index in [1.54, 1.807) is 0 Å². The summed E-state index contributed by atoms with van der Waals surface area (Å²) in [7, 11) is 0. The van der Waals surface area contributed by atoms with Crippen LogP contribution in [0.5, 0.6) is 17.4 Å². The van der Waals surface area contributed by atoms with E-state index in [1.165, 1.54) is 37.5 Å². The lowest BCUT2D eigenvalue weighted by atomic mass is 10.2. The van der Waals surface area contributed by atoms with Crippen LogP contribution in [-0.4, -0.2) is 35.4 Å². The van der Waals surface area contributed by atoms with Gasteiger partial charge in [0, 0.05) is 24.4 Å². The van der Waals surface area contributed by atoms with E-state index in [0.717, 1.165) is 6.07 Å². The van der Waals surface area contributed by atoms with Crippen molar-refractivity contribution in [2.75, 3.05) is 10.7 Å². The molecular formula is C20H19F4N5O5. The highest BCUT2D eigenvalue weighted by Crippen LogP contribution is 2.39. The molecule has 1 aromatic carbocycles. The molecule has 0 aliphatic rings. The number of halogens is 4. The molecule has 1 heterocycles. The van der Waals surface area contributed by atoms with E-state index in [0.29, 0.717) is 6.07 Å². The molecular weight excluding hydrogens is 466 g/mol. The van der Waals surface area contributed by atoms with Gasteiger partial charge in [-0.2, -0.15) is 13.2 Å². The fraction of sp³-hybridized carbons (Fsp3) is 0.200. The van der Waals surface area contributed by atoms with Gasteiger partial charge in [-0.25, -0.2) is 15.2 Å². The summed E-state index contributed by atoms with van der Waals surface area (Å²) in [5.74, 6) is 1.89. The number of nitrogens with zero attached hydrogens (tertiary/aromatic N) is 2. The molecule has 2 aromatic rings. The number of anilines is 2. The Kier molecular flexibility index (Phi) is 8.13. The highest BCUT2D eigenvalue weighted by molar-refractivity contribution is 5.95. The molecule has 0 saturated heterocycles. The van der Waals surface area contributed by atoms with Crippen LogP contribution in [0.15, 0.2) is 42.2 Å². The van der Waals surface area contributed by atoms with Crippen molar-refractivity contribution in [3.63, 3.8) is 0 Å². The van der Waals surface area contributed by atoms with Crippen LogP contribution in [-0.2, 0) is 14.4 Å². The smallest absolute Gasteiger partial charge is 0.433 e. The Morgan fingerprint density at radius 2 is 1.94 bits per heavy atom. The summed E-state index contributed by atoms with van der Waals surface area (Å²) in [6.07, 6.45) is -4.93. The number of alkyl halides is 3. The van der Waals surface area contributed by atoms with E-state index >= 15 is 0 Å². The zero-order valence-corrected chi connectivity index (χ0v) is 17.7. The lowest BCUT2D eigenvalue weighted by Crippen LogP contribution is -2.39. The quantitative estimate of drug-likeness (QED) is 0.121. The number of nitrogens with one attached hydrogen (secondary N) is 1. The molecule has 0 fully saturated rings. The molecule has 0 radical (unpaired) electrons. The van der Waals surface area contributed by atoms with Crippen molar-refractivity contribution in [2.45, 2.75) is 26.1 Å². The number of Topliss-reactive ketones (excluding diaryl/α,β-unsaturated/α-hetero) is 1. The number of nitrogens with two attached hydrogens (primary N) is 2. The van der Waals surface area contributed by atoms with Gasteiger partial charge in [-0.1, -0.05) is 0 Å². The third-order valence-electron chi connectivity index (χ3n) is 4.17. The Labute approximate surface area is 190 Å². The first-order valence-corrected chi connectivity index (χ1v) is 9.32. The number of hydrazine groups is 1. The number of carbonyl (C=O) groups excluding carboxylic acids is 3. The minimum Gasteiger partial charge on any atom is -0.464 e. The largest absolute Gasteiger partial charge is 0.464 e. The predicted molar refractivity (Wildman–Crippen MR) is 111 cm³/mol. The van der Waals surface area contributed by atoms with Crippen molar-refractivity contribution in [1.29, 1.82) is 0 Å². The van der Waals surface area contributed by atoms with Crippen LogP contribution in [0.1, 0.15) is 13.8 Å². The number of amides is 2. The highest BCUT2D eigenvalue weighted by Gasteiger charge is 2.39. The Bertz CT molecular complexity index is 1120. The zero-order chi connectivity index (χ0) is 25.6. The SMILES string of the molecule is CC(=O)C(C)Oc1ncccc1Oc1cc(N(N)/C(=C\C(=O)NC=O)C(F)(F)F)c(F)cc1N. The summed E-state index contributed by atoms with van der Waals surface area (Å²) in [6.45, 7) is 2.75. The molecule has 10 nitrogen and oxygen atoms in total. The second-order valence-electron chi connectivity index (χ2n) is 6.64. The van der Waals surface area contributed by atoms with E-state index in [4.69, 9.17) is 21.1 Å². The average Bonchev–Trinajstić information content (AvgIpc) is 2.74. The van der Waals surface area contributed by atoms with Gasteiger partial charge < -0.3 is 15.2 Å². The van der Waals surface area contributed by atoms with Gasteiger partial charge in [-0.3, -0.25) is 24.7 Å². The van der Waals surface area contributed by atoms with E-state index in [9.17, 15) is 31.9 Å².